The van der Waals surface area contributed by atoms with E-state index in [2.05, 4.69) is 25.4 Å². The van der Waals surface area contributed by atoms with Crippen molar-refractivity contribution < 1.29 is 31.9 Å². The third-order valence-corrected chi connectivity index (χ3v) is 3.74. The number of benzene rings is 1. The Bertz CT molecular complexity index is 1020. The molecule has 1 atom stereocenters. The van der Waals surface area contributed by atoms with Gasteiger partial charge < -0.3 is 13.9 Å². The molecular formula is C18H13F3N4O4. The Morgan fingerprint density at radius 1 is 1.03 bits per heavy atom. The van der Waals surface area contributed by atoms with Gasteiger partial charge in [-0.05, 0) is 29.8 Å². The molecule has 8 nitrogen and oxygen atoms in total. The summed E-state index contributed by atoms with van der Waals surface area (Å²) in [5.74, 6) is 1.17. The van der Waals surface area contributed by atoms with Crippen molar-refractivity contribution in [3.05, 3.63) is 66.0 Å². The van der Waals surface area contributed by atoms with Crippen LogP contribution in [0.1, 0.15) is 17.6 Å². The zero-order valence-electron chi connectivity index (χ0n) is 14.8. The first-order valence-corrected chi connectivity index (χ1v) is 8.29. The van der Waals surface area contributed by atoms with Crippen LogP contribution in [0.5, 0.6) is 11.5 Å². The second kappa shape index (κ2) is 7.43. The Kier molecular flexibility index (Phi) is 4.80. The van der Waals surface area contributed by atoms with Crippen molar-refractivity contribution in [3.63, 3.8) is 0 Å². The minimum Gasteiger partial charge on any atom is -0.438 e. The highest BCUT2D eigenvalue weighted by Crippen LogP contribution is 2.29. The van der Waals surface area contributed by atoms with Gasteiger partial charge in [0.05, 0.1) is 6.20 Å². The molecule has 1 aliphatic heterocycles. The number of hydrogen-bond donors (Lipinski definition) is 1. The molecule has 0 saturated heterocycles. The van der Waals surface area contributed by atoms with Gasteiger partial charge in [0.15, 0.2) is 0 Å². The average molecular weight is 406 g/mol. The van der Waals surface area contributed by atoms with E-state index in [4.69, 9.17) is 14.0 Å². The van der Waals surface area contributed by atoms with E-state index in [0.717, 1.165) is 0 Å². The second-order valence-corrected chi connectivity index (χ2v) is 5.90. The van der Waals surface area contributed by atoms with Gasteiger partial charge in [-0.25, -0.2) is 10.5 Å². The van der Waals surface area contributed by atoms with Crippen LogP contribution < -0.4 is 15.0 Å². The maximum absolute atomic E-state index is 12.2. The summed E-state index contributed by atoms with van der Waals surface area (Å²) in [7, 11) is 0. The molecule has 11 heteroatoms. The molecule has 0 saturated carbocycles. The first-order valence-electron chi connectivity index (χ1n) is 8.29. The van der Waals surface area contributed by atoms with E-state index in [-0.39, 0.29) is 5.75 Å². The van der Waals surface area contributed by atoms with E-state index in [1.807, 2.05) is 0 Å². The van der Waals surface area contributed by atoms with E-state index in [1.54, 1.807) is 25.1 Å². The lowest BCUT2D eigenvalue weighted by Crippen LogP contribution is -2.17. The fraction of sp³-hybridized carbons (Fsp3) is 0.167. The van der Waals surface area contributed by atoms with Gasteiger partial charge >= 0.3 is 6.36 Å². The highest BCUT2D eigenvalue weighted by Gasteiger charge is 2.31. The van der Waals surface area contributed by atoms with Crippen LogP contribution in [0, 0.1) is 6.92 Å². The Morgan fingerprint density at radius 3 is 2.41 bits per heavy atom. The summed E-state index contributed by atoms with van der Waals surface area (Å²) in [6.07, 6.45) is -2.17. The number of nitrogens with one attached hydrogen (secondary N) is 1. The van der Waals surface area contributed by atoms with E-state index in [9.17, 15) is 13.2 Å². The molecule has 1 N–H and O–H groups in total. The lowest BCUT2D eigenvalue weighted by atomic mass is 10.1. The Labute approximate surface area is 161 Å². The lowest BCUT2D eigenvalue weighted by molar-refractivity contribution is -0.274. The summed E-state index contributed by atoms with van der Waals surface area (Å²) < 4.78 is 51.5. The van der Waals surface area contributed by atoms with Crippen LogP contribution in [0.3, 0.4) is 0 Å². The first kappa shape index (κ1) is 18.7. The molecule has 3 aromatic rings. The highest BCUT2D eigenvalue weighted by molar-refractivity contribution is 5.47. The largest absolute Gasteiger partial charge is 0.573 e. The number of halogens is 3. The summed E-state index contributed by atoms with van der Waals surface area (Å²) in [5.41, 5.74) is 3.73. The number of aromatic nitrogens is 3. The van der Waals surface area contributed by atoms with Gasteiger partial charge in [0.2, 0.25) is 11.8 Å². The summed E-state index contributed by atoms with van der Waals surface area (Å²) in [5, 5.41) is 7.62. The van der Waals surface area contributed by atoms with Crippen molar-refractivity contribution in [2.45, 2.75) is 19.4 Å². The maximum Gasteiger partial charge on any atom is 0.573 e. The number of rotatable bonds is 5. The minimum atomic E-state index is -4.74. The number of hydrogen-bond acceptors (Lipinski definition) is 8. The van der Waals surface area contributed by atoms with Crippen molar-refractivity contribution in [2.75, 3.05) is 0 Å². The maximum atomic E-state index is 12.2. The summed E-state index contributed by atoms with van der Waals surface area (Å²) >= 11 is 0. The van der Waals surface area contributed by atoms with Crippen molar-refractivity contribution in [3.8, 4) is 23.1 Å². The van der Waals surface area contributed by atoms with Crippen molar-refractivity contribution in [2.24, 2.45) is 0 Å². The van der Waals surface area contributed by atoms with Gasteiger partial charge in [-0.3, -0.25) is 4.84 Å². The molecule has 1 aromatic carbocycles. The molecule has 3 heterocycles. The predicted octanol–water partition coefficient (Wildman–Crippen LogP) is 3.83. The molecule has 0 radical (unpaired) electrons. The molecule has 0 fully saturated rings. The number of alkyl halides is 3. The van der Waals surface area contributed by atoms with E-state index >= 15 is 0 Å². The summed E-state index contributed by atoms with van der Waals surface area (Å²) in [6.45, 7) is 1.68. The van der Waals surface area contributed by atoms with Crippen LogP contribution in [-0.4, -0.2) is 21.5 Å². The van der Waals surface area contributed by atoms with Crippen LogP contribution in [0.2, 0.25) is 0 Å². The third kappa shape index (κ3) is 4.63. The molecule has 2 aromatic heterocycles. The first-order chi connectivity index (χ1) is 13.9. The monoisotopic (exact) mass is 406 g/mol. The molecular weight excluding hydrogens is 393 g/mol. The topological polar surface area (TPSA) is 91.5 Å². The standard InChI is InChI=1S/C18H13F3N4O4/c1-10-23-24-17(26-10)14-7-6-13(9-22-14)27-16-8-15(29-25-16)11-2-4-12(5-3-11)28-18(19,20)21/h2-9,15,25H,1H3. The van der Waals surface area contributed by atoms with Crippen molar-refractivity contribution >= 4 is 0 Å². The van der Waals surface area contributed by atoms with E-state index < -0.39 is 12.5 Å². The van der Waals surface area contributed by atoms with Crippen LogP contribution in [-0.2, 0) is 4.84 Å². The molecule has 4 rings (SSSR count). The summed E-state index contributed by atoms with van der Waals surface area (Å²) in [4.78, 5) is 9.57. The number of hydroxylamine groups is 1. The van der Waals surface area contributed by atoms with Crippen LogP contribution in [0.25, 0.3) is 11.6 Å². The number of pyridine rings is 1. The molecule has 1 aliphatic rings. The van der Waals surface area contributed by atoms with Gasteiger partial charge in [0.25, 0.3) is 5.89 Å². The lowest BCUT2D eigenvalue weighted by Gasteiger charge is -2.11. The average Bonchev–Trinajstić information content (AvgIpc) is 3.31. The van der Waals surface area contributed by atoms with Crippen LogP contribution >= 0.6 is 0 Å². The van der Waals surface area contributed by atoms with Gasteiger partial charge in [0.1, 0.15) is 23.3 Å². The Hall–Kier alpha value is -3.60. The smallest absolute Gasteiger partial charge is 0.438 e. The molecule has 0 aliphatic carbocycles. The molecule has 29 heavy (non-hydrogen) atoms. The van der Waals surface area contributed by atoms with Crippen LogP contribution in [0.15, 0.2) is 59.0 Å². The number of nitrogens with zero attached hydrogens (tertiary/aromatic N) is 3. The fourth-order valence-corrected chi connectivity index (χ4v) is 2.50. The van der Waals surface area contributed by atoms with Crippen molar-refractivity contribution in [1.29, 1.82) is 0 Å². The Morgan fingerprint density at radius 2 is 1.79 bits per heavy atom. The highest BCUT2D eigenvalue weighted by atomic mass is 19.4. The van der Waals surface area contributed by atoms with E-state index in [1.165, 1.54) is 30.5 Å². The summed E-state index contributed by atoms with van der Waals surface area (Å²) in [6, 6.07) is 8.68. The molecule has 150 valence electrons. The van der Waals surface area contributed by atoms with Crippen LogP contribution in [0.4, 0.5) is 13.2 Å². The predicted molar refractivity (Wildman–Crippen MR) is 91.1 cm³/mol. The van der Waals surface area contributed by atoms with Gasteiger partial charge in [-0.1, -0.05) is 12.1 Å². The van der Waals surface area contributed by atoms with Gasteiger partial charge in [0, 0.05) is 13.0 Å². The molecule has 1 unspecified atom stereocenters. The zero-order chi connectivity index (χ0) is 20.4. The van der Waals surface area contributed by atoms with E-state index in [0.29, 0.717) is 34.7 Å². The third-order valence-electron chi connectivity index (χ3n) is 3.74. The van der Waals surface area contributed by atoms with Crippen molar-refractivity contribution in [1.82, 2.24) is 20.7 Å². The minimum absolute atomic E-state index is 0.300. The van der Waals surface area contributed by atoms with Gasteiger partial charge in [-0.15, -0.1) is 23.4 Å². The normalized spacial score (nSPS) is 16.3. The quantitative estimate of drug-likeness (QED) is 0.684. The number of ether oxygens (including phenoxy) is 2. The fourth-order valence-electron chi connectivity index (χ4n) is 2.50. The Balaban J connectivity index is 1.40. The zero-order valence-corrected chi connectivity index (χ0v) is 14.8. The molecule has 0 spiro atoms. The molecule has 0 bridgehead atoms. The second-order valence-electron chi connectivity index (χ2n) is 5.90. The SMILES string of the molecule is Cc1nnc(-c2ccc(OC3=CC(c4ccc(OC(F)(F)F)cc4)ON3)cn2)o1. The number of aryl methyl sites for hydroxylation is 1. The molecule has 0 amide bonds. The van der Waals surface area contributed by atoms with Gasteiger partial charge in [-0.2, -0.15) is 0 Å².